The highest BCUT2D eigenvalue weighted by Crippen LogP contribution is 2.36. The lowest BCUT2D eigenvalue weighted by molar-refractivity contribution is 0.408. The van der Waals surface area contributed by atoms with Gasteiger partial charge in [0, 0.05) is 5.56 Å². The van der Waals surface area contributed by atoms with Crippen molar-refractivity contribution in [3.05, 3.63) is 82.0 Å². The van der Waals surface area contributed by atoms with Crippen molar-refractivity contribution in [2.75, 3.05) is 7.11 Å². The van der Waals surface area contributed by atoms with Gasteiger partial charge < -0.3 is 9.15 Å². The molecule has 0 fully saturated rings. The van der Waals surface area contributed by atoms with E-state index in [0.29, 0.717) is 33.4 Å². The van der Waals surface area contributed by atoms with Crippen molar-refractivity contribution in [1.29, 1.82) is 0 Å². The predicted octanol–water partition coefficient (Wildman–Crippen LogP) is 4.40. The third-order valence-electron chi connectivity index (χ3n) is 5.20. The summed E-state index contributed by atoms with van der Waals surface area (Å²) in [7, 11) is -2.22. The largest absolute Gasteiger partial charge is 0.496 e. The first-order valence-corrected chi connectivity index (χ1v) is 11.1. The zero-order chi connectivity index (χ0) is 22.3. The molecule has 1 aromatic heterocycles. The Hall–Kier alpha value is -3.42. The summed E-state index contributed by atoms with van der Waals surface area (Å²) in [6.07, 6.45) is 0. The lowest BCUT2D eigenvalue weighted by atomic mass is 9.95. The van der Waals surface area contributed by atoms with Crippen LogP contribution in [0.2, 0.25) is 0 Å². The van der Waals surface area contributed by atoms with E-state index < -0.39 is 10.0 Å². The standard InChI is InChI=1S/C24H21NO5S/c1-14-12-17(13-15(2)23(14)29-3)21-22(26)19-6-4-5-7-20(19)30-24(21)16-8-10-18(11-9-16)31(25,27)28/h4-13H,1-3H3,(H2,25,27,28). The van der Waals surface area contributed by atoms with Crippen molar-refractivity contribution >= 4 is 21.0 Å². The number of benzene rings is 3. The van der Waals surface area contributed by atoms with Crippen LogP contribution >= 0.6 is 0 Å². The number of hydrogen-bond acceptors (Lipinski definition) is 5. The Labute approximate surface area is 180 Å². The van der Waals surface area contributed by atoms with E-state index in [1.54, 1.807) is 43.5 Å². The first-order valence-electron chi connectivity index (χ1n) is 9.55. The molecule has 31 heavy (non-hydrogen) atoms. The quantitative estimate of drug-likeness (QED) is 0.512. The maximum absolute atomic E-state index is 13.5. The summed E-state index contributed by atoms with van der Waals surface area (Å²) < 4.78 is 34.9. The Kier molecular flexibility index (Phi) is 5.16. The molecular weight excluding hydrogens is 414 g/mol. The van der Waals surface area contributed by atoms with Gasteiger partial charge in [-0.3, -0.25) is 4.79 Å². The van der Waals surface area contributed by atoms with Crippen LogP contribution in [0.3, 0.4) is 0 Å². The Bertz CT molecular complexity index is 1450. The van der Waals surface area contributed by atoms with Crippen molar-refractivity contribution in [3.8, 4) is 28.2 Å². The maximum atomic E-state index is 13.5. The van der Waals surface area contributed by atoms with Crippen molar-refractivity contribution < 1.29 is 17.6 Å². The first-order chi connectivity index (χ1) is 14.7. The van der Waals surface area contributed by atoms with E-state index in [1.807, 2.05) is 26.0 Å². The third kappa shape index (κ3) is 3.73. The number of ether oxygens (including phenoxy) is 1. The van der Waals surface area contributed by atoms with Gasteiger partial charge in [-0.2, -0.15) is 0 Å². The van der Waals surface area contributed by atoms with E-state index in [1.165, 1.54) is 12.1 Å². The smallest absolute Gasteiger partial charge is 0.238 e. The van der Waals surface area contributed by atoms with Gasteiger partial charge >= 0.3 is 0 Å². The van der Waals surface area contributed by atoms with E-state index in [9.17, 15) is 13.2 Å². The second-order valence-corrected chi connectivity index (χ2v) is 8.91. The predicted molar refractivity (Wildman–Crippen MR) is 121 cm³/mol. The number of methoxy groups -OCH3 is 1. The van der Waals surface area contributed by atoms with Gasteiger partial charge in [0.25, 0.3) is 0 Å². The molecule has 0 saturated heterocycles. The Balaban J connectivity index is 2.05. The fourth-order valence-corrected chi connectivity index (χ4v) is 4.34. The summed E-state index contributed by atoms with van der Waals surface area (Å²) in [4.78, 5) is 13.5. The monoisotopic (exact) mass is 435 g/mol. The Morgan fingerprint density at radius 2 is 1.52 bits per heavy atom. The minimum Gasteiger partial charge on any atom is -0.496 e. The van der Waals surface area contributed by atoms with Gasteiger partial charge in [0.05, 0.1) is 23.0 Å². The molecule has 0 aliphatic carbocycles. The van der Waals surface area contributed by atoms with E-state index in [4.69, 9.17) is 14.3 Å². The number of hydrogen-bond donors (Lipinski definition) is 1. The van der Waals surface area contributed by atoms with E-state index in [-0.39, 0.29) is 10.3 Å². The molecule has 0 atom stereocenters. The third-order valence-corrected chi connectivity index (χ3v) is 6.13. The average Bonchev–Trinajstić information content (AvgIpc) is 2.73. The summed E-state index contributed by atoms with van der Waals surface area (Å²) in [5, 5.41) is 5.68. The van der Waals surface area contributed by atoms with Gasteiger partial charge in [0.2, 0.25) is 15.5 Å². The van der Waals surface area contributed by atoms with Crippen LogP contribution in [-0.2, 0) is 10.0 Å². The number of fused-ring (bicyclic) bond motifs is 1. The molecule has 0 spiro atoms. The molecule has 0 amide bonds. The minimum atomic E-state index is -3.83. The molecule has 4 rings (SSSR count). The van der Waals surface area contributed by atoms with Gasteiger partial charge in [-0.1, -0.05) is 12.1 Å². The van der Waals surface area contributed by atoms with Crippen LogP contribution in [-0.4, -0.2) is 15.5 Å². The number of sulfonamides is 1. The summed E-state index contributed by atoms with van der Waals surface area (Å²) in [5.74, 6) is 1.11. The minimum absolute atomic E-state index is 0.0166. The van der Waals surface area contributed by atoms with Crippen LogP contribution in [0.4, 0.5) is 0 Å². The Morgan fingerprint density at radius 1 is 0.903 bits per heavy atom. The molecule has 0 aliphatic rings. The van der Waals surface area contributed by atoms with Gasteiger partial charge in [-0.05, 0) is 79.1 Å². The SMILES string of the molecule is COc1c(C)cc(-c2c(-c3ccc(S(N)(=O)=O)cc3)oc3ccccc3c2=O)cc1C. The maximum Gasteiger partial charge on any atom is 0.238 e. The fourth-order valence-electron chi connectivity index (χ4n) is 3.82. The fraction of sp³-hybridized carbons (Fsp3) is 0.125. The number of aryl methyl sites for hydroxylation is 2. The molecule has 0 unspecified atom stereocenters. The van der Waals surface area contributed by atoms with Crippen molar-refractivity contribution in [3.63, 3.8) is 0 Å². The van der Waals surface area contributed by atoms with Crippen LogP contribution in [0.25, 0.3) is 33.4 Å². The molecule has 6 nitrogen and oxygen atoms in total. The lowest BCUT2D eigenvalue weighted by Crippen LogP contribution is -2.12. The average molecular weight is 436 g/mol. The summed E-state index contributed by atoms with van der Waals surface area (Å²) in [5.41, 5.74) is 3.72. The molecule has 0 aliphatic heterocycles. The van der Waals surface area contributed by atoms with Crippen LogP contribution in [0.5, 0.6) is 5.75 Å². The highest BCUT2D eigenvalue weighted by atomic mass is 32.2. The van der Waals surface area contributed by atoms with Crippen LogP contribution < -0.4 is 15.3 Å². The highest BCUT2D eigenvalue weighted by Gasteiger charge is 2.20. The normalized spacial score (nSPS) is 11.6. The van der Waals surface area contributed by atoms with Crippen molar-refractivity contribution in [1.82, 2.24) is 0 Å². The Morgan fingerprint density at radius 3 is 2.10 bits per heavy atom. The van der Waals surface area contributed by atoms with Crippen LogP contribution in [0.15, 0.2) is 74.8 Å². The second kappa shape index (κ2) is 7.68. The number of rotatable bonds is 4. The number of para-hydroxylation sites is 1. The molecule has 158 valence electrons. The molecule has 4 aromatic rings. The van der Waals surface area contributed by atoms with Crippen LogP contribution in [0, 0.1) is 13.8 Å². The van der Waals surface area contributed by atoms with Gasteiger partial charge in [-0.25, -0.2) is 13.6 Å². The molecule has 0 bridgehead atoms. The van der Waals surface area contributed by atoms with Gasteiger partial charge in [0.15, 0.2) is 0 Å². The number of nitrogens with two attached hydrogens (primary N) is 1. The van der Waals surface area contributed by atoms with E-state index in [0.717, 1.165) is 16.9 Å². The first kappa shape index (κ1) is 20.8. The molecule has 3 aromatic carbocycles. The summed E-state index contributed by atoms with van der Waals surface area (Å²) in [6.45, 7) is 3.83. The zero-order valence-corrected chi connectivity index (χ0v) is 18.1. The van der Waals surface area contributed by atoms with Gasteiger partial charge in [0.1, 0.15) is 17.1 Å². The van der Waals surface area contributed by atoms with Crippen molar-refractivity contribution in [2.24, 2.45) is 5.14 Å². The van der Waals surface area contributed by atoms with Gasteiger partial charge in [-0.15, -0.1) is 0 Å². The van der Waals surface area contributed by atoms with E-state index >= 15 is 0 Å². The van der Waals surface area contributed by atoms with Crippen molar-refractivity contribution in [2.45, 2.75) is 18.7 Å². The van der Waals surface area contributed by atoms with Crippen LogP contribution in [0.1, 0.15) is 11.1 Å². The molecule has 7 heteroatoms. The number of primary sulfonamides is 1. The molecule has 2 N–H and O–H groups in total. The molecule has 0 radical (unpaired) electrons. The molecular formula is C24H21NO5S. The zero-order valence-electron chi connectivity index (χ0n) is 17.3. The summed E-state index contributed by atoms with van der Waals surface area (Å²) in [6, 6.07) is 16.8. The lowest BCUT2D eigenvalue weighted by Gasteiger charge is -2.14. The topological polar surface area (TPSA) is 99.6 Å². The molecule has 1 heterocycles. The summed E-state index contributed by atoms with van der Waals surface area (Å²) >= 11 is 0. The van der Waals surface area contributed by atoms with E-state index in [2.05, 4.69) is 0 Å². The highest BCUT2D eigenvalue weighted by molar-refractivity contribution is 7.89. The second-order valence-electron chi connectivity index (χ2n) is 7.34. The molecule has 0 saturated carbocycles.